The minimum absolute atomic E-state index is 0.00980. The Bertz CT molecular complexity index is 1490. The van der Waals surface area contributed by atoms with E-state index in [0.29, 0.717) is 31.1 Å². The first-order chi connectivity index (χ1) is 25.6. The van der Waals surface area contributed by atoms with Crippen molar-refractivity contribution >= 4 is 5.78 Å². The Hall–Kier alpha value is -0.810. The molecule has 21 atom stereocenters. The highest BCUT2D eigenvalue weighted by Crippen LogP contribution is 2.89. The molecule has 5 saturated carbocycles. The zero-order valence-electron chi connectivity index (χ0n) is 34.2. The van der Waals surface area contributed by atoms with Crippen LogP contribution in [0, 0.1) is 56.7 Å². The van der Waals surface area contributed by atoms with Gasteiger partial charge >= 0.3 is 0 Å². The molecular formula is C42H68O13. The van der Waals surface area contributed by atoms with Gasteiger partial charge in [0.25, 0.3) is 0 Å². The highest BCUT2D eigenvalue weighted by atomic mass is 16.8. The second kappa shape index (κ2) is 13.3. The number of methoxy groups -OCH3 is 1. The molecule has 6 N–H and O–H groups in total. The topological polar surface area (TPSA) is 194 Å². The summed E-state index contributed by atoms with van der Waals surface area (Å²) in [5, 5.41) is 65.4. The van der Waals surface area contributed by atoms with Crippen LogP contribution in [0.3, 0.4) is 0 Å². The van der Waals surface area contributed by atoms with Crippen LogP contribution in [-0.2, 0) is 33.2 Å². The van der Waals surface area contributed by atoms with E-state index in [4.69, 9.17) is 28.4 Å². The number of ketones is 1. The van der Waals surface area contributed by atoms with Gasteiger partial charge in [0.05, 0.1) is 31.0 Å². The molecular weight excluding hydrogens is 712 g/mol. The van der Waals surface area contributed by atoms with Gasteiger partial charge in [0.1, 0.15) is 36.6 Å². The summed E-state index contributed by atoms with van der Waals surface area (Å²) in [6.45, 7) is 16.7. The molecule has 13 nitrogen and oxygen atoms in total. The van der Waals surface area contributed by atoms with Crippen LogP contribution < -0.4 is 0 Å². The Morgan fingerprint density at radius 3 is 2.18 bits per heavy atom. The van der Waals surface area contributed by atoms with Gasteiger partial charge in [-0.25, -0.2) is 0 Å². The minimum atomic E-state index is -1.61. The van der Waals surface area contributed by atoms with Crippen LogP contribution in [0.15, 0.2) is 0 Å². The number of fused-ring (bicyclic) bond motifs is 4. The molecule has 0 aromatic carbocycles. The zero-order valence-corrected chi connectivity index (χ0v) is 34.2. The fourth-order valence-corrected chi connectivity index (χ4v) is 15.0. The molecule has 0 unspecified atom stereocenters. The van der Waals surface area contributed by atoms with Gasteiger partial charge in [-0.3, -0.25) is 4.79 Å². The predicted molar refractivity (Wildman–Crippen MR) is 196 cm³/mol. The lowest BCUT2D eigenvalue weighted by Gasteiger charge is -2.64. The van der Waals surface area contributed by atoms with E-state index >= 15 is 0 Å². The normalized spacial score (nSPS) is 58.2. The number of hydrogen-bond acceptors (Lipinski definition) is 13. The third-order valence-electron chi connectivity index (χ3n) is 17.6. The van der Waals surface area contributed by atoms with Crippen molar-refractivity contribution in [3.05, 3.63) is 0 Å². The number of carbonyl (C=O) groups is 1. The van der Waals surface area contributed by atoms with Crippen LogP contribution in [-0.4, -0.2) is 130 Å². The average Bonchev–Trinajstić information content (AvgIpc) is 3.70. The number of hydrogen-bond donors (Lipinski definition) is 6. The first kappa shape index (κ1) is 40.9. The van der Waals surface area contributed by atoms with Gasteiger partial charge in [-0.05, 0) is 103 Å². The monoisotopic (exact) mass is 780 g/mol. The highest BCUT2D eigenvalue weighted by molar-refractivity contribution is 5.87. The summed E-state index contributed by atoms with van der Waals surface area (Å²) < 4.78 is 37.3. The maximum atomic E-state index is 13.6. The molecule has 0 aromatic rings. The zero-order chi connectivity index (χ0) is 40.0. The molecule has 3 saturated heterocycles. The van der Waals surface area contributed by atoms with E-state index in [1.54, 1.807) is 14.0 Å². The maximum absolute atomic E-state index is 13.6. The van der Waals surface area contributed by atoms with Crippen LogP contribution in [0.25, 0.3) is 0 Å². The van der Waals surface area contributed by atoms with Crippen LogP contribution in [0.5, 0.6) is 0 Å². The molecule has 3 aliphatic heterocycles. The fourth-order valence-electron chi connectivity index (χ4n) is 15.0. The average molecular weight is 781 g/mol. The second-order valence-electron chi connectivity index (χ2n) is 20.7. The summed E-state index contributed by atoms with van der Waals surface area (Å²) in [4.78, 5) is 13.6. The van der Waals surface area contributed by atoms with E-state index in [9.17, 15) is 35.4 Å². The summed E-state index contributed by atoms with van der Waals surface area (Å²) >= 11 is 0. The van der Waals surface area contributed by atoms with Gasteiger partial charge in [-0.2, -0.15) is 0 Å². The maximum Gasteiger partial charge on any atom is 0.229 e. The van der Waals surface area contributed by atoms with Crippen molar-refractivity contribution in [2.75, 3.05) is 13.7 Å². The number of aliphatic hydroxyl groups is 6. The standard InChI is InChI=1S/C42H68O13/c1-19(2)34(49)42(50-9)15-20(3)27-24(55-42)16-39(8)25-14-22(43)33-37(5,6)26(10-11-41(33)18-40(25,41)13-12-38(27,39)7)53-36-32(29(46)23(44)17-51-36)54-35-31(48)30(47)28(45)21(4)52-35/h19-33,35-36,43-48H,10-18H2,1-9H3/t20-,21+,22+,23-,24+,25+,26+,27+,28+,29+,30-,31-,32-,33+,35+,36+,38-,39+,40+,41-,42+/m1/s1. The van der Waals surface area contributed by atoms with E-state index in [0.717, 1.165) is 32.1 Å². The van der Waals surface area contributed by atoms with E-state index in [-0.39, 0.29) is 64.0 Å². The number of aliphatic hydroxyl groups excluding tert-OH is 6. The van der Waals surface area contributed by atoms with Crippen LogP contribution >= 0.6 is 0 Å². The van der Waals surface area contributed by atoms with Crippen molar-refractivity contribution in [1.82, 2.24) is 0 Å². The lowest BCUT2D eigenvalue weighted by molar-refractivity contribution is -0.364. The van der Waals surface area contributed by atoms with Crippen LogP contribution in [0.1, 0.15) is 107 Å². The molecule has 13 heteroatoms. The third-order valence-corrected chi connectivity index (χ3v) is 17.6. The third kappa shape index (κ3) is 5.50. The van der Waals surface area contributed by atoms with Crippen molar-refractivity contribution < 1.29 is 63.9 Å². The van der Waals surface area contributed by atoms with Gasteiger partial charge in [-0.15, -0.1) is 0 Å². The largest absolute Gasteiger partial charge is 0.393 e. The number of rotatable bonds is 7. The lowest BCUT2D eigenvalue weighted by Crippen LogP contribution is -2.64. The number of ether oxygens (including phenoxy) is 6. The lowest BCUT2D eigenvalue weighted by atomic mass is 9.41. The first-order valence-corrected chi connectivity index (χ1v) is 21.1. The molecule has 5 aliphatic carbocycles. The predicted octanol–water partition coefficient (Wildman–Crippen LogP) is 2.68. The molecule has 0 aromatic heterocycles. The Labute approximate surface area is 325 Å². The molecule has 0 amide bonds. The summed E-state index contributed by atoms with van der Waals surface area (Å²) in [5.74, 6) is -0.635. The van der Waals surface area contributed by atoms with Gasteiger partial charge in [0.2, 0.25) is 5.79 Å². The molecule has 8 aliphatic rings. The highest BCUT2D eigenvalue weighted by Gasteiger charge is 2.85. The molecule has 314 valence electrons. The summed E-state index contributed by atoms with van der Waals surface area (Å²) in [7, 11) is 1.60. The minimum Gasteiger partial charge on any atom is -0.393 e. The molecule has 8 rings (SSSR count). The number of carbonyl (C=O) groups excluding carboxylic acids is 1. The Morgan fingerprint density at radius 1 is 0.800 bits per heavy atom. The van der Waals surface area contributed by atoms with Gasteiger partial charge in [-0.1, -0.05) is 48.5 Å². The Kier molecular flexibility index (Phi) is 9.94. The van der Waals surface area contributed by atoms with Crippen molar-refractivity contribution in [2.24, 2.45) is 56.7 Å². The van der Waals surface area contributed by atoms with E-state index in [2.05, 4.69) is 34.6 Å². The Balaban J connectivity index is 1.03. The van der Waals surface area contributed by atoms with Crippen LogP contribution in [0.4, 0.5) is 0 Å². The smallest absolute Gasteiger partial charge is 0.229 e. The SMILES string of the molecule is CO[C@@]1(C(=O)C(C)C)C[C@@H](C)[C@H]2[C@H](C[C@@]3(C)[C@@H]4C[C@H](O)[C@H]5C(C)(C)[C@@H](O[C@@H]6OC[C@@H](O)[C@H](O)[C@H]6O[C@@H]6O[C@@H](C)[C@H](O)[C@@H](O)[C@H]6O)CC[C@@]56C[C@@]46CC[C@]23C)O1. The molecule has 8 fully saturated rings. The number of Topliss-reactive ketones (excluding diaryl/α,β-unsaturated/α-hetero) is 1. The first-order valence-electron chi connectivity index (χ1n) is 21.1. The van der Waals surface area contributed by atoms with Gasteiger partial charge in [0.15, 0.2) is 18.4 Å². The Morgan fingerprint density at radius 2 is 1.51 bits per heavy atom. The molecule has 55 heavy (non-hydrogen) atoms. The molecule has 3 heterocycles. The summed E-state index contributed by atoms with van der Waals surface area (Å²) in [6.07, 6.45) is -6.02. The van der Waals surface area contributed by atoms with Crippen molar-refractivity contribution in [3.8, 4) is 0 Å². The van der Waals surface area contributed by atoms with E-state index < -0.39 is 72.6 Å². The molecule has 0 radical (unpaired) electrons. The second-order valence-corrected chi connectivity index (χ2v) is 20.7. The van der Waals surface area contributed by atoms with Gasteiger partial charge in [0, 0.05) is 19.4 Å². The summed E-state index contributed by atoms with van der Waals surface area (Å²) in [5.41, 5.74) is -0.592. The van der Waals surface area contributed by atoms with Gasteiger partial charge < -0.3 is 59.1 Å². The van der Waals surface area contributed by atoms with Crippen LogP contribution in [0.2, 0.25) is 0 Å². The quantitative estimate of drug-likeness (QED) is 0.207. The summed E-state index contributed by atoms with van der Waals surface area (Å²) in [6, 6.07) is 0. The molecule has 2 spiro atoms. The van der Waals surface area contributed by atoms with E-state index in [1.165, 1.54) is 0 Å². The molecule has 0 bridgehead atoms. The fraction of sp³-hybridized carbons (Fsp3) is 0.976. The van der Waals surface area contributed by atoms with E-state index in [1.807, 2.05) is 13.8 Å². The van der Waals surface area contributed by atoms with Crippen molar-refractivity contribution in [1.29, 1.82) is 0 Å². The van der Waals surface area contributed by atoms with Crippen molar-refractivity contribution in [3.63, 3.8) is 0 Å². The van der Waals surface area contributed by atoms with Crippen molar-refractivity contribution in [2.45, 2.75) is 186 Å².